The number of hydrogen-bond acceptors (Lipinski definition) is 5. The molecule has 0 unspecified atom stereocenters. The van der Waals surface area contributed by atoms with Crippen LogP contribution in [0.4, 0.5) is 0 Å². The Kier molecular flexibility index (Phi) is 4.54. The number of benzene rings is 2. The second-order valence-corrected chi connectivity index (χ2v) is 6.60. The van der Waals surface area contributed by atoms with Crippen molar-refractivity contribution in [2.75, 3.05) is 0 Å². The summed E-state index contributed by atoms with van der Waals surface area (Å²) in [5.41, 5.74) is -0.491. The largest absolute Gasteiger partial charge is 0.506 e. The molecule has 24 heavy (non-hydrogen) atoms. The minimum Gasteiger partial charge on any atom is -0.506 e. The monoisotopic (exact) mass is 374 g/mol. The van der Waals surface area contributed by atoms with Crippen molar-refractivity contribution in [1.29, 1.82) is 5.26 Å². The van der Waals surface area contributed by atoms with Gasteiger partial charge in [-0.1, -0.05) is 41.4 Å². The number of halogens is 2. The van der Waals surface area contributed by atoms with Gasteiger partial charge in [0.1, 0.15) is 22.4 Å². The highest BCUT2D eigenvalue weighted by Crippen LogP contribution is 2.34. The van der Waals surface area contributed by atoms with E-state index < -0.39 is 11.3 Å². The molecule has 1 aromatic heterocycles. The standard InChI is InChI=1S/C17H8Cl2N2O2S/c18-11-5-3-6-12(19)14(11)15(22)10(8-20)17-21-16(23)9-4-1-2-7-13(9)24-17/h1-7,22H. The van der Waals surface area contributed by atoms with Crippen LogP contribution in [0.2, 0.25) is 10.0 Å². The van der Waals surface area contributed by atoms with Crippen LogP contribution < -0.4 is 5.56 Å². The zero-order valence-corrected chi connectivity index (χ0v) is 14.3. The van der Waals surface area contributed by atoms with E-state index in [9.17, 15) is 15.2 Å². The smallest absolute Gasteiger partial charge is 0.279 e. The summed E-state index contributed by atoms with van der Waals surface area (Å²) < 4.78 is 0.665. The molecule has 0 aliphatic heterocycles. The van der Waals surface area contributed by atoms with Crippen molar-refractivity contribution >= 4 is 56.0 Å². The van der Waals surface area contributed by atoms with Crippen molar-refractivity contribution in [3.8, 4) is 6.07 Å². The Morgan fingerprint density at radius 2 is 1.79 bits per heavy atom. The summed E-state index contributed by atoms with van der Waals surface area (Å²) in [4.78, 5) is 16.1. The summed E-state index contributed by atoms with van der Waals surface area (Å²) in [5.74, 6) is -0.411. The van der Waals surface area contributed by atoms with Gasteiger partial charge in [0.2, 0.25) is 0 Å². The average molecular weight is 375 g/mol. The molecule has 0 aliphatic rings. The van der Waals surface area contributed by atoms with Gasteiger partial charge in [-0.3, -0.25) is 4.79 Å². The number of allylic oxidation sites excluding steroid dienone is 1. The molecule has 0 amide bonds. The van der Waals surface area contributed by atoms with Crippen LogP contribution in [-0.2, 0) is 0 Å². The average Bonchev–Trinajstić information content (AvgIpc) is 2.55. The minimum absolute atomic E-state index is 0.106. The third-order valence-electron chi connectivity index (χ3n) is 3.29. The Bertz CT molecular complexity index is 1060. The maximum absolute atomic E-state index is 12.1. The van der Waals surface area contributed by atoms with Crippen molar-refractivity contribution in [1.82, 2.24) is 4.98 Å². The molecule has 0 saturated carbocycles. The highest BCUT2D eigenvalue weighted by atomic mass is 35.5. The zero-order chi connectivity index (χ0) is 17.3. The van der Waals surface area contributed by atoms with Crippen LogP contribution >= 0.6 is 34.5 Å². The van der Waals surface area contributed by atoms with E-state index in [2.05, 4.69) is 4.98 Å². The van der Waals surface area contributed by atoms with Crippen LogP contribution in [0.15, 0.2) is 47.3 Å². The molecule has 0 saturated heterocycles. The Morgan fingerprint density at radius 1 is 1.12 bits per heavy atom. The quantitative estimate of drug-likeness (QED) is 0.510. The molecular weight excluding hydrogens is 367 g/mol. The van der Waals surface area contributed by atoms with E-state index in [-0.39, 0.29) is 26.2 Å². The fourth-order valence-electron chi connectivity index (χ4n) is 2.17. The van der Waals surface area contributed by atoms with Crippen LogP contribution in [0.3, 0.4) is 0 Å². The molecule has 3 rings (SSSR count). The van der Waals surface area contributed by atoms with E-state index in [1.165, 1.54) is 0 Å². The predicted molar refractivity (Wildman–Crippen MR) is 97.4 cm³/mol. The highest BCUT2D eigenvalue weighted by molar-refractivity contribution is 7.19. The van der Waals surface area contributed by atoms with Gasteiger partial charge in [0.25, 0.3) is 5.56 Å². The molecule has 0 fully saturated rings. The lowest BCUT2D eigenvalue weighted by Crippen LogP contribution is -2.07. The normalized spacial score (nSPS) is 11.9. The number of aromatic nitrogens is 1. The summed E-state index contributed by atoms with van der Waals surface area (Å²) in [6, 6.07) is 13.5. The summed E-state index contributed by atoms with van der Waals surface area (Å²) >= 11 is 13.3. The van der Waals surface area contributed by atoms with E-state index in [4.69, 9.17) is 23.2 Å². The Labute approximate surface area is 150 Å². The molecule has 4 nitrogen and oxygen atoms in total. The molecule has 0 radical (unpaired) electrons. The highest BCUT2D eigenvalue weighted by Gasteiger charge is 2.19. The molecule has 0 aliphatic carbocycles. The van der Waals surface area contributed by atoms with Gasteiger partial charge in [-0.2, -0.15) is 10.2 Å². The first-order valence-electron chi connectivity index (χ1n) is 6.71. The molecule has 0 bridgehead atoms. The molecular formula is C17H8Cl2N2O2S. The second-order valence-electron chi connectivity index (χ2n) is 4.75. The number of aliphatic hydroxyl groups excluding tert-OH is 1. The molecule has 0 atom stereocenters. The molecule has 1 N–H and O–H groups in total. The SMILES string of the molecule is N#CC(=C(O)c1c(Cl)cccc1Cl)c1nc(=O)c2ccccc2s1. The van der Waals surface area contributed by atoms with Gasteiger partial charge in [0.05, 0.1) is 21.0 Å². The lowest BCUT2D eigenvalue weighted by atomic mass is 10.1. The van der Waals surface area contributed by atoms with Gasteiger partial charge in [0, 0.05) is 4.70 Å². The van der Waals surface area contributed by atoms with Crippen molar-refractivity contribution in [3.63, 3.8) is 0 Å². The number of aliphatic hydroxyl groups is 1. The van der Waals surface area contributed by atoms with E-state index in [0.29, 0.717) is 10.1 Å². The summed E-state index contributed by atoms with van der Waals surface area (Å²) in [7, 11) is 0. The minimum atomic E-state index is -0.467. The predicted octanol–water partition coefficient (Wildman–Crippen LogP) is 4.91. The molecule has 2 aromatic carbocycles. The van der Waals surface area contributed by atoms with Crippen molar-refractivity contribution in [3.05, 3.63) is 73.4 Å². The van der Waals surface area contributed by atoms with Crippen LogP contribution in [-0.4, -0.2) is 10.1 Å². The fraction of sp³-hybridized carbons (Fsp3) is 0. The van der Waals surface area contributed by atoms with Gasteiger partial charge in [-0.25, -0.2) is 0 Å². The number of nitriles is 1. The Hall–Kier alpha value is -2.39. The number of nitrogens with zero attached hydrogens (tertiary/aromatic N) is 2. The van der Waals surface area contributed by atoms with Gasteiger partial charge >= 0.3 is 0 Å². The Morgan fingerprint density at radius 3 is 2.46 bits per heavy atom. The van der Waals surface area contributed by atoms with Gasteiger partial charge in [0.15, 0.2) is 0 Å². The molecule has 3 aromatic rings. The second kappa shape index (κ2) is 6.62. The van der Waals surface area contributed by atoms with Crippen LogP contribution in [0.25, 0.3) is 21.4 Å². The van der Waals surface area contributed by atoms with Gasteiger partial charge < -0.3 is 5.11 Å². The van der Waals surface area contributed by atoms with E-state index in [1.807, 2.05) is 6.07 Å². The first-order chi connectivity index (χ1) is 11.5. The molecule has 1 heterocycles. The van der Waals surface area contributed by atoms with E-state index in [1.54, 1.807) is 42.5 Å². The Balaban J connectivity index is 2.30. The van der Waals surface area contributed by atoms with Crippen LogP contribution in [0.1, 0.15) is 10.6 Å². The van der Waals surface area contributed by atoms with E-state index >= 15 is 0 Å². The molecule has 7 heteroatoms. The number of fused-ring (bicyclic) bond motifs is 1. The maximum Gasteiger partial charge on any atom is 0.279 e. The van der Waals surface area contributed by atoms with E-state index in [0.717, 1.165) is 11.3 Å². The summed E-state index contributed by atoms with van der Waals surface area (Å²) in [6.45, 7) is 0. The first-order valence-corrected chi connectivity index (χ1v) is 8.28. The van der Waals surface area contributed by atoms with Gasteiger partial charge in [-0.05, 0) is 24.3 Å². The van der Waals surface area contributed by atoms with Crippen molar-refractivity contribution < 1.29 is 5.11 Å². The third-order valence-corrected chi connectivity index (χ3v) is 4.98. The maximum atomic E-state index is 12.1. The number of hydrogen-bond donors (Lipinski definition) is 1. The summed E-state index contributed by atoms with van der Waals surface area (Å²) in [5, 5.41) is 20.9. The van der Waals surface area contributed by atoms with Crippen LogP contribution in [0, 0.1) is 11.3 Å². The lowest BCUT2D eigenvalue weighted by Gasteiger charge is -2.08. The lowest BCUT2D eigenvalue weighted by molar-refractivity contribution is 0.514. The number of rotatable bonds is 2. The molecule has 118 valence electrons. The molecule has 0 spiro atoms. The van der Waals surface area contributed by atoms with Gasteiger partial charge in [-0.15, -0.1) is 11.3 Å². The fourth-order valence-corrected chi connectivity index (χ4v) is 3.74. The van der Waals surface area contributed by atoms with Crippen molar-refractivity contribution in [2.45, 2.75) is 0 Å². The summed E-state index contributed by atoms with van der Waals surface area (Å²) in [6.07, 6.45) is 0. The first kappa shape index (κ1) is 16.5. The van der Waals surface area contributed by atoms with Crippen LogP contribution in [0.5, 0.6) is 0 Å². The topological polar surface area (TPSA) is 74.0 Å². The third kappa shape index (κ3) is 2.87. The zero-order valence-electron chi connectivity index (χ0n) is 12.0. The van der Waals surface area contributed by atoms with Crippen molar-refractivity contribution in [2.24, 2.45) is 0 Å².